The van der Waals surface area contributed by atoms with E-state index in [1.165, 1.54) is 0 Å². The zero-order valence-corrected chi connectivity index (χ0v) is 12.3. The molecule has 20 heavy (non-hydrogen) atoms. The molecule has 1 amide bonds. The average Bonchev–Trinajstić information content (AvgIpc) is 3.09. The number of carbonyl (C=O) groups is 1. The van der Waals surface area contributed by atoms with Gasteiger partial charge in [-0.2, -0.15) is 0 Å². The molecule has 3 rings (SSSR count). The molecule has 0 aromatic carbocycles. The Morgan fingerprint density at radius 1 is 1.40 bits per heavy atom. The molecule has 4 atom stereocenters. The maximum Gasteiger partial charge on any atom is 0.223 e. The molecule has 2 aliphatic carbocycles. The molecule has 3 aliphatic rings. The molecule has 4 heteroatoms. The highest BCUT2D eigenvalue weighted by atomic mass is 16.5. The third kappa shape index (κ3) is 2.77. The zero-order chi connectivity index (χ0) is 13.9. The molecule has 1 saturated carbocycles. The lowest BCUT2D eigenvalue weighted by Gasteiger charge is -2.39. The van der Waals surface area contributed by atoms with Crippen LogP contribution in [0.5, 0.6) is 0 Å². The maximum absolute atomic E-state index is 12.6. The fraction of sp³-hybridized carbons (Fsp3) is 0.812. The van der Waals surface area contributed by atoms with Gasteiger partial charge in [-0.1, -0.05) is 12.2 Å². The van der Waals surface area contributed by atoms with E-state index < -0.39 is 0 Å². The molecule has 0 aromatic heterocycles. The predicted octanol–water partition coefficient (Wildman–Crippen LogP) is 2.14. The van der Waals surface area contributed by atoms with Crippen molar-refractivity contribution in [3.05, 3.63) is 12.2 Å². The van der Waals surface area contributed by atoms with E-state index in [-0.39, 0.29) is 18.2 Å². The number of morpholine rings is 1. The molecule has 112 valence electrons. The molecule has 1 saturated heterocycles. The Morgan fingerprint density at radius 3 is 3.05 bits per heavy atom. The number of fused-ring (bicyclic) bond motifs is 1. The van der Waals surface area contributed by atoms with Crippen molar-refractivity contribution in [2.24, 2.45) is 5.92 Å². The normalized spacial score (nSPS) is 36.4. The van der Waals surface area contributed by atoms with E-state index in [2.05, 4.69) is 17.1 Å². The molecule has 1 heterocycles. The summed E-state index contributed by atoms with van der Waals surface area (Å²) >= 11 is 0. The summed E-state index contributed by atoms with van der Waals surface area (Å²) in [6.07, 6.45) is 9.61. The van der Waals surface area contributed by atoms with Crippen molar-refractivity contribution in [1.29, 1.82) is 0 Å². The second-order valence-corrected chi connectivity index (χ2v) is 6.03. The topological polar surface area (TPSA) is 38.8 Å². The van der Waals surface area contributed by atoms with Crippen LogP contribution in [0.15, 0.2) is 12.2 Å². The van der Waals surface area contributed by atoms with Gasteiger partial charge in [0.1, 0.15) is 6.10 Å². The fourth-order valence-electron chi connectivity index (χ4n) is 3.82. The van der Waals surface area contributed by atoms with Gasteiger partial charge < -0.3 is 14.4 Å². The summed E-state index contributed by atoms with van der Waals surface area (Å²) in [6.45, 7) is 4.13. The van der Waals surface area contributed by atoms with Gasteiger partial charge in [0.05, 0.1) is 18.8 Å². The van der Waals surface area contributed by atoms with E-state index in [1.54, 1.807) is 0 Å². The van der Waals surface area contributed by atoms with Crippen molar-refractivity contribution in [3.63, 3.8) is 0 Å². The average molecular weight is 279 g/mol. The van der Waals surface area contributed by atoms with Crippen LogP contribution in [0.25, 0.3) is 0 Å². The number of rotatable bonds is 4. The van der Waals surface area contributed by atoms with Crippen molar-refractivity contribution in [2.75, 3.05) is 19.8 Å². The Labute approximate surface area is 121 Å². The second kappa shape index (κ2) is 6.27. The van der Waals surface area contributed by atoms with Crippen molar-refractivity contribution in [3.8, 4) is 0 Å². The predicted molar refractivity (Wildman–Crippen MR) is 76.4 cm³/mol. The molecule has 0 radical (unpaired) electrons. The smallest absolute Gasteiger partial charge is 0.223 e. The third-order valence-electron chi connectivity index (χ3n) is 4.79. The molecular formula is C16H25NO3. The molecule has 4 nitrogen and oxygen atoms in total. The van der Waals surface area contributed by atoms with Crippen LogP contribution < -0.4 is 0 Å². The summed E-state index contributed by atoms with van der Waals surface area (Å²) in [7, 11) is 0. The standard InChI is InChI=1S/C16H25NO3/c1-2-19-14-8-7-13-16(14)20-10-9-17(13)15(18)11-12-5-3-4-6-12/h3,5,12-14,16H,2,4,6-11H2,1H3/t12?,13-,14-,16+/m0/s1. The van der Waals surface area contributed by atoms with Crippen LogP contribution >= 0.6 is 0 Å². The number of hydrogen-bond donors (Lipinski definition) is 0. The van der Waals surface area contributed by atoms with E-state index in [0.29, 0.717) is 24.9 Å². The molecular weight excluding hydrogens is 254 g/mol. The Hall–Kier alpha value is -0.870. The van der Waals surface area contributed by atoms with Gasteiger partial charge in [0.2, 0.25) is 5.91 Å². The number of amides is 1. The minimum Gasteiger partial charge on any atom is -0.376 e. The summed E-state index contributed by atoms with van der Waals surface area (Å²) in [4.78, 5) is 14.6. The Morgan fingerprint density at radius 2 is 2.30 bits per heavy atom. The van der Waals surface area contributed by atoms with Crippen molar-refractivity contribution in [1.82, 2.24) is 4.90 Å². The Bertz CT molecular complexity index is 382. The summed E-state index contributed by atoms with van der Waals surface area (Å²) < 4.78 is 11.6. The zero-order valence-electron chi connectivity index (χ0n) is 12.3. The van der Waals surface area contributed by atoms with Crippen LogP contribution in [0.1, 0.15) is 39.0 Å². The molecule has 1 unspecified atom stereocenters. The highest BCUT2D eigenvalue weighted by Gasteiger charge is 2.44. The first kappa shape index (κ1) is 14.1. The van der Waals surface area contributed by atoms with Gasteiger partial charge in [-0.25, -0.2) is 0 Å². The van der Waals surface area contributed by atoms with E-state index in [9.17, 15) is 4.79 Å². The van der Waals surface area contributed by atoms with Gasteiger partial charge in [-0.3, -0.25) is 4.79 Å². The van der Waals surface area contributed by atoms with Gasteiger partial charge in [0, 0.05) is 19.6 Å². The van der Waals surface area contributed by atoms with Crippen molar-refractivity contribution in [2.45, 2.75) is 57.3 Å². The van der Waals surface area contributed by atoms with Crippen LogP contribution in [0, 0.1) is 5.92 Å². The van der Waals surface area contributed by atoms with Gasteiger partial charge >= 0.3 is 0 Å². The summed E-state index contributed by atoms with van der Waals surface area (Å²) in [6, 6.07) is 0.234. The summed E-state index contributed by atoms with van der Waals surface area (Å²) in [5.41, 5.74) is 0. The first-order valence-corrected chi connectivity index (χ1v) is 7.99. The Balaban J connectivity index is 1.61. The first-order valence-electron chi connectivity index (χ1n) is 7.99. The minimum atomic E-state index is 0.0896. The van der Waals surface area contributed by atoms with E-state index >= 15 is 0 Å². The lowest BCUT2D eigenvalue weighted by molar-refractivity contribution is -0.151. The molecule has 0 spiro atoms. The quantitative estimate of drug-likeness (QED) is 0.740. The first-order chi connectivity index (χ1) is 9.79. The molecule has 2 fully saturated rings. The van der Waals surface area contributed by atoms with Crippen LogP contribution in [0.4, 0.5) is 0 Å². The number of carbonyl (C=O) groups excluding carboxylic acids is 1. The molecule has 0 N–H and O–H groups in total. The monoisotopic (exact) mass is 279 g/mol. The third-order valence-corrected chi connectivity index (χ3v) is 4.79. The SMILES string of the molecule is CCO[C@H]1CC[C@H]2[C@H]1OCCN2C(=O)CC1C=CCC1. The number of allylic oxidation sites excluding steroid dienone is 2. The van der Waals surface area contributed by atoms with E-state index in [1.807, 2.05) is 6.92 Å². The van der Waals surface area contributed by atoms with Crippen LogP contribution in [0.2, 0.25) is 0 Å². The second-order valence-electron chi connectivity index (χ2n) is 6.03. The van der Waals surface area contributed by atoms with Crippen LogP contribution in [-0.2, 0) is 14.3 Å². The lowest BCUT2D eigenvalue weighted by atomic mass is 10.0. The lowest BCUT2D eigenvalue weighted by Crippen LogP contribution is -2.54. The number of nitrogens with zero attached hydrogens (tertiary/aromatic N) is 1. The number of ether oxygens (including phenoxy) is 2. The highest BCUT2D eigenvalue weighted by Crippen LogP contribution is 2.33. The van der Waals surface area contributed by atoms with Gasteiger partial charge in [-0.15, -0.1) is 0 Å². The van der Waals surface area contributed by atoms with E-state index in [4.69, 9.17) is 9.47 Å². The number of hydrogen-bond acceptors (Lipinski definition) is 3. The fourth-order valence-corrected chi connectivity index (χ4v) is 3.82. The van der Waals surface area contributed by atoms with Gasteiger partial charge in [-0.05, 0) is 38.5 Å². The van der Waals surface area contributed by atoms with Crippen molar-refractivity contribution < 1.29 is 14.3 Å². The minimum absolute atomic E-state index is 0.0896. The summed E-state index contributed by atoms with van der Waals surface area (Å²) in [5, 5.41) is 0. The Kier molecular flexibility index (Phi) is 4.41. The summed E-state index contributed by atoms with van der Waals surface area (Å²) in [5.74, 6) is 0.755. The van der Waals surface area contributed by atoms with Crippen molar-refractivity contribution >= 4 is 5.91 Å². The highest BCUT2D eigenvalue weighted by molar-refractivity contribution is 5.77. The molecule has 1 aliphatic heterocycles. The van der Waals surface area contributed by atoms with Crippen LogP contribution in [0.3, 0.4) is 0 Å². The van der Waals surface area contributed by atoms with Crippen LogP contribution in [-0.4, -0.2) is 48.8 Å². The maximum atomic E-state index is 12.6. The molecule has 0 bridgehead atoms. The van der Waals surface area contributed by atoms with Gasteiger partial charge in [0.15, 0.2) is 0 Å². The molecule has 0 aromatic rings. The van der Waals surface area contributed by atoms with Gasteiger partial charge in [0.25, 0.3) is 0 Å². The van der Waals surface area contributed by atoms with E-state index in [0.717, 1.165) is 38.8 Å². The largest absolute Gasteiger partial charge is 0.376 e.